The van der Waals surface area contributed by atoms with Gasteiger partial charge in [-0.25, -0.2) is 9.59 Å². The predicted molar refractivity (Wildman–Crippen MR) is 128 cm³/mol. The van der Waals surface area contributed by atoms with Gasteiger partial charge in [0.05, 0.1) is 13.2 Å². The first-order valence-corrected chi connectivity index (χ1v) is 12.3. The van der Waals surface area contributed by atoms with Crippen molar-refractivity contribution in [2.75, 3.05) is 19.8 Å². The third-order valence-electron chi connectivity index (χ3n) is 6.12. The molecule has 0 aromatic heterocycles. The summed E-state index contributed by atoms with van der Waals surface area (Å²) in [6.07, 6.45) is -16.6. The van der Waals surface area contributed by atoms with Crippen LogP contribution in [0.25, 0.3) is 0 Å². The molecule has 41 heavy (non-hydrogen) atoms. The van der Waals surface area contributed by atoms with Crippen LogP contribution in [-0.2, 0) is 35.1 Å². The average molecular weight is 597 g/mol. The number of hydrogen-bond acceptors (Lipinski definition) is 14. The third-order valence-corrected chi connectivity index (χ3v) is 6.12. The molecule has 10 atom stereocenters. The molecule has 3 rings (SSSR count). The summed E-state index contributed by atoms with van der Waals surface area (Å²) in [6.45, 7) is 0.106. The zero-order valence-corrected chi connectivity index (χ0v) is 24.4. The number of ether oxygens (including phenoxy) is 5. The van der Waals surface area contributed by atoms with Crippen LogP contribution in [0.4, 0.5) is 4.79 Å². The molecule has 2 fully saturated rings. The van der Waals surface area contributed by atoms with Crippen molar-refractivity contribution in [1.82, 2.24) is 5.32 Å². The van der Waals surface area contributed by atoms with E-state index in [0.717, 1.165) is 12.5 Å². The number of amides is 1. The summed E-state index contributed by atoms with van der Waals surface area (Å²) >= 11 is 0. The van der Waals surface area contributed by atoms with Crippen LogP contribution in [0, 0.1) is 0 Å². The van der Waals surface area contributed by atoms with E-state index < -0.39 is 85.9 Å². The fourth-order valence-corrected chi connectivity index (χ4v) is 4.12. The molecule has 1 aromatic carbocycles. The molecular weight excluding hydrogens is 563 g/mol. The normalized spacial score (nSPS) is 33.9. The maximum atomic E-state index is 12.0. The van der Waals surface area contributed by atoms with Crippen LogP contribution in [0.2, 0.25) is 0 Å². The minimum absolute atomic E-state index is 0. The number of aliphatic hydroxyl groups excluding tert-OH is 5. The van der Waals surface area contributed by atoms with Gasteiger partial charge in [0.15, 0.2) is 18.7 Å². The van der Waals surface area contributed by atoms with E-state index in [0.29, 0.717) is 0 Å². The van der Waals surface area contributed by atoms with Gasteiger partial charge in [0.2, 0.25) is 0 Å². The van der Waals surface area contributed by atoms with E-state index in [1.807, 2.05) is 6.07 Å². The van der Waals surface area contributed by atoms with E-state index in [1.54, 1.807) is 24.3 Å². The van der Waals surface area contributed by atoms with Gasteiger partial charge < -0.3 is 64.7 Å². The number of nitrogens with zero attached hydrogens (tertiary/aromatic N) is 1. The molecule has 16 nitrogen and oxygen atoms in total. The summed E-state index contributed by atoms with van der Waals surface area (Å²) in [6, 6.07) is 7.54. The predicted octanol–water partition coefficient (Wildman–Crippen LogP) is -6.56. The van der Waals surface area contributed by atoms with E-state index in [1.165, 1.54) is 0 Å². The molecule has 1 aromatic rings. The number of carbonyl (C=O) groups excluding carboxylic acids is 1. The Labute approximate surface area is 256 Å². The zero-order chi connectivity index (χ0) is 29.4. The van der Waals surface area contributed by atoms with Crippen LogP contribution >= 0.6 is 0 Å². The molecule has 2 aliphatic heterocycles. The molecule has 0 saturated carbocycles. The first-order valence-electron chi connectivity index (χ1n) is 12.3. The van der Waals surface area contributed by atoms with Gasteiger partial charge in [0.25, 0.3) is 0 Å². The summed E-state index contributed by atoms with van der Waals surface area (Å²) in [5.41, 5.74) is 0.779. The number of carboxylic acid groups (broad SMARTS) is 1. The van der Waals surface area contributed by atoms with E-state index in [-0.39, 0.29) is 49.3 Å². The number of rotatable bonds is 11. The molecule has 2 saturated heterocycles. The fraction of sp³-hybridized carbons (Fsp3) is 0.625. The number of nitrogens with one attached hydrogen (secondary N) is 1. The summed E-state index contributed by atoms with van der Waals surface area (Å²) in [4.78, 5) is 27.2. The molecule has 0 radical (unpaired) electrons. The van der Waals surface area contributed by atoms with E-state index in [2.05, 4.69) is 10.3 Å². The molecule has 0 bridgehead atoms. The summed E-state index contributed by atoms with van der Waals surface area (Å²) < 4.78 is 26.9. The number of alkyl carbamates (subject to hydrolysis) is 1. The number of carboxylic acids is 1. The Bertz CT molecular complexity index is 1000. The number of aliphatic hydroxyl groups is 5. The van der Waals surface area contributed by atoms with Gasteiger partial charge in [0, 0.05) is 6.54 Å². The van der Waals surface area contributed by atoms with Crippen LogP contribution in [0.1, 0.15) is 12.5 Å². The van der Waals surface area contributed by atoms with Crippen molar-refractivity contribution in [3.05, 3.63) is 35.9 Å². The van der Waals surface area contributed by atoms with E-state index >= 15 is 0 Å². The first-order chi connectivity index (χ1) is 19.0. The van der Waals surface area contributed by atoms with Gasteiger partial charge in [-0.05, 0) is 18.4 Å². The molecule has 17 heteroatoms. The molecule has 224 valence electrons. The minimum atomic E-state index is -1.99. The van der Waals surface area contributed by atoms with Crippen LogP contribution in [0.15, 0.2) is 35.3 Å². The van der Waals surface area contributed by atoms with Crippen molar-refractivity contribution in [2.45, 2.75) is 74.9 Å². The summed E-state index contributed by atoms with van der Waals surface area (Å²) in [5, 5.41) is 74.4. The largest absolute Gasteiger partial charge is 1.00 e. The topological polar surface area (TPSA) is 249 Å². The molecule has 7 N–H and O–H groups in total. The van der Waals surface area contributed by atoms with Gasteiger partial charge in [-0.1, -0.05) is 30.3 Å². The second-order valence-corrected chi connectivity index (χ2v) is 9.05. The first kappa shape index (κ1) is 35.3. The van der Waals surface area contributed by atoms with E-state index in [9.17, 15) is 45.3 Å². The molecular formula is C24H33N2NaO14. The molecule has 0 spiro atoms. The van der Waals surface area contributed by atoms with Gasteiger partial charge in [-0.15, -0.1) is 0 Å². The molecule has 2 aliphatic rings. The molecule has 2 heterocycles. The van der Waals surface area contributed by atoms with Crippen molar-refractivity contribution in [3.8, 4) is 0 Å². The second kappa shape index (κ2) is 16.6. The van der Waals surface area contributed by atoms with Crippen molar-refractivity contribution in [3.63, 3.8) is 0 Å². The number of hydrogen-bond donors (Lipinski definition) is 7. The van der Waals surface area contributed by atoms with Crippen LogP contribution < -0.4 is 40.0 Å². The Morgan fingerprint density at radius 2 is 1.71 bits per heavy atom. The molecule has 0 unspecified atom stereocenters. The maximum Gasteiger partial charge on any atom is 1.00 e. The van der Waals surface area contributed by atoms with Crippen molar-refractivity contribution >= 4 is 18.0 Å². The Hall–Kier alpha value is -1.93. The van der Waals surface area contributed by atoms with Gasteiger partial charge >= 0.3 is 41.6 Å². The number of carbonyl (C=O) groups is 2. The monoisotopic (exact) mass is 596 g/mol. The van der Waals surface area contributed by atoms with Crippen molar-refractivity contribution in [2.24, 2.45) is 4.99 Å². The van der Waals surface area contributed by atoms with Gasteiger partial charge in [-0.2, -0.15) is 0 Å². The maximum absolute atomic E-state index is 12.0. The number of benzene rings is 1. The Morgan fingerprint density at radius 3 is 2.32 bits per heavy atom. The van der Waals surface area contributed by atoms with Crippen molar-refractivity contribution in [1.29, 1.82) is 0 Å². The van der Waals surface area contributed by atoms with Crippen LogP contribution in [0.5, 0.6) is 0 Å². The quantitative estimate of drug-likeness (QED) is 0.0543. The fourth-order valence-electron chi connectivity index (χ4n) is 4.12. The average Bonchev–Trinajstić information content (AvgIpc) is 2.92. The van der Waals surface area contributed by atoms with Gasteiger partial charge in [0.1, 0.15) is 49.3 Å². The third kappa shape index (κ3) is 9.54. The smallest absolute Gasteiger partial charge is 0.862 e. The Morgan fingerprint density at radius 1 is 1.02 bits per heavy atom. The minimum Gasteiger partial charge on any atom is -0.862 e. The zero-order valence-electron chi connectivity index (χ0n) is 22.4. The SMILES string of the molecule is CC([O-])=N[C@H]1[C@H](OCCNC(=O)OCc2ccccc2)O[C@H](CO)[C@@H](O)[C@@H]1O[C@@H]1O[C@H](C(=O)O)[C@@H](O)[C@H](O)[C@H]1O.[Na+]. The van der Waals surface area contributed by atoms with Gasteiger partial charge in [-0.3, -0.25) is 4.99 Å². The number of aliphatic imine (C=N–C) groups is 1. The van der Waals surface area contributed by atoms with E-state index in [4.69, 9.17) is 23.7 Å². The number of aliphatic carboxylic acids is 1. The summed E-state index contributed by atoms with van der Waals surface area (Å²) in [7, 11) is 0. The molecule has 0 aliphatic carbocycles. The Kier molecular flexibility index (Phi) is 14.3. The standard InChI is InChI=1S/C24H34N2O14.Na/c1-11(28)26-14-19(39-23-18(32)16(30)17(31)20(40-23)21(33)34)15(29)13(9-27)38-22(14)36-8-7-25-24(35)37-10-12-5-3-2-4-6-12;/h2-6,13-20,22-23,27,29-32H,7-10H2,1H3,(H,25,35)(H,26,28)(H,33,34);/q;+1/p-1/t13-,14-,15-,16+,17+,18-,19-,20+,22-,23-;/m1./s1. The van der Waals surface area contributed by atoms with Crippen LogP contribution in [0.3, 0.4) is 0 Å². The van der Waals surface area contributed by atoms with Crippen LogP contribution in [-0.4, -0.2) is 130 Å². The summed E-state index contributed by atoms with van der Waals surface area (Å²) in [5.74, 6) is -2.40. The molecule has 1 amide bonds. The second-order valence-electron chi connectivity index (χ2n) is 9.05. The van der Waals surface area contributed by atoms with Crippen molar-refractivity contribution < 1.29 is 98.6 Å². The Balaban J connectivity index is 0.00000588.